The van der Waals surface area contributed by atoms with E-state index >= 15 is 0 Å². The number of morpholine rings is 1. The zero-order chi connectivity index (χ0) is 20.4. The average molecular weight is 415 g/mol. The van der Waals surface area contributed by atoms with Crippen molar-refractivity contribution in [3.63, 3.8) is 0 Å². The van der Waals surface area contributed by atoms with Gasteiger partial charge in [0, 0.05) is 49.2 Å². The first kappa shape index (κ1) is 20.0. The highest BCUT2D eigenvalue weighted by molar-refractivity contribution is 7.14. The fourth-order valence-electron chi connectivity index (χ4n) is 3.99. The molecule has 0 saturated carbocycles. The highest BCUT2D eigenvalue weighted by atomic mass is 32.1. The zero-order valence-corrected chi connectivity index (χ0v) is 17.6. The number of rotatable bonds is 5. The molecule has 1 N–H and O–H groups in total. The van der Waals surface area contributed by atoms with E-state index in [1.165, 1.54) is 11.3 Å². The van der Waals surface area contributed by atoms with Crippen LogP contribution in [0.1, 0.15) is 42.7 Å². The van der Waals surface area contributed by atoms with Crippen LogP contribution in [0.2, 0.25) is 0 Å². The Labute approximate surface area is 174 Å². The minimum Gasteiger partial charge on any atom is -0.373 e. The van der Waals surface area contributed by atoms with Crippen molar-refractivity contribution in [2.75, 3.05) is 29.9 Å². The number of nitrogens with one attached hydrogen (secondary N) is 1. The van der Waals surface area contributed by atoms with Gasteiger partial charge in [0.2, 0.25) is 5.91 Å². The molecule has 8 heteroatoms. The summed E-state index contributed by atoms with van der Waals surface area (Å²) in [6.07, 6.45) is 1.86. The summed E-state index contributed by atoms with van der Waals surface area (Å²) in [6, 6.07) is 7.20. The Morgan fingerprint density at radius 1 is 1.31 bits per heavy atom. The zero-order valence-electron chi connectivity index (χ0n) is 16.8. The minimum atomic E-state index is -0.215. The van der Waals surface area contributed by atoms with Gasteiger partial charge in [-0.15, -0.1) is 11.3 Å². The van der Waals surface area contributed by atoms with Crippen LogP contribution in [0.15, 0.2) is 29.6 Å². The number of amides is 2. The largest absolute Gasteiger partial charge is 0.373 e. The van der Waals surface area contributed by atoms with Gasteiger partial charge in [0.15, 0.2) is 5.13 Å². The summed E-state index contributed by atoms with van der Waals surface area (Å²) in [7, 11) is 0. The maximum Gasteiger partial charge on any atom is 0.257 e. The summed E-state index contributed by atoms with van der Waals surface area (Å²) in [6.45, 7) is 7.38. The molecule has 1 aromatic heterocycles. The molecule has 0 bridgehead atoms. The maximum atomic E-state index is 12.7. The van der Waals surface area contributed by atoms with Gasteiger partial charge >= 0.3 is 0 Å². The number of aromatic nitrogens is 1. The SMILES string of the molecule is CC1CN(Cc2csc(NC(=O)c3cccc(N4CCCC4=O)c3)n2)CC(C)O1. The van der Waals surface area contributed by atoms with Gasteiger partial charge in [-0.3, -0.25) is 19.8 Å². The molecule has 0 radical (unpaired) electrons. The molecule has 2 aliphatic heterocycles. The molecule has 3 heterocycles. The van der Waals surface area contributed by atoms with Gasteiger partial charge in [0.1, 0.15) is 0 Å². The topological polar surface area (TPSA) is 74.8 Å². The lowest BCUT2D eigenvalue weighted by Gasteiger charge is -2.34. The van der Waals surface area contributed by atoms with E-state index in [4.69, 9.17) is 4.74 Å². The van der Waals surface area contributed by atoms with Crippen molar-refractivity contribution in [2.24, 2.45) is 0 Å². The standard InChI is InChI=1S/C21H26N4O3S/c1-14-10-24(11-15(2)28-14)12-17-13-29-21(22-17)23-20(27)16-5-3-6-18(9-16)25-8-4-7-19(25)26/h3,5-6,9,13-15H,4,7-8,10-12H2,1-2H3,(H,22,23,27). The molecule has 0 aliphatic carbocycles. The number of thiazole rings is 1. The minimum absolute atomic E-state index is 0.110. The predicted octanol–water partition coefficient (Wildman–Crippen LogP) is 3.13. The average Bonchev–Trinajstić information content (AvgIpc) is 3.29. The third-order valence-electron chi connectivity index (χ3n) is 5.15. The van der Waals surface area contributed by atoms with Gasteiger partial charge in [0.25, 0.3) is 5.91 Å². The Bertz CT molecular complexity index is 890. The lowest BCUT2D eigenvalue weighted by molar-refractivity contribution is -0.117. The molecule has 0 spiro atoms. The normalized spacial score (nSPS) is 22.8. The molecule has 2 saturated heterocycles. The van der Waals surface area contributed by atoms with Gasteiger partial charge in [-0.25, -0.2) is 4.98 Å². The predicted molar refractivity (Wildman–Crippen MR) is 113 cm³/mol. The third-order valence-corrected chi connectivity index (χ3v) is 5.95. The van der Waals surface area contributed by atoms with E-state index in [0.29, 0.717) is 23.7 Å². The van der Waals surface area contributed by atoms with Crippen LogP contribution in [0, 0.1) is 0 Å². The van der Waals surface area contributed by atoms with E-state index in [2.05, 4.69) is 29.0 Å². The van der Waals surface area contributed by atoms with E-state index in [0.717, 1.165) is 37.4 Å². The Balaban J connectivity index is 1.39. The van der Waals surface area contributed by atoms with Gasteiger partial charge in [-0.05, 0) is 38.5 Å². The van der Waals surface area contributed by atoms with Crippen molar-refractivity contribution in [1.29, 1.82) is 0 Å². The molecule has 154 valence electrons. The number of carbonyl (C=O) groups is 2. The van der Waals surface area contributed by atoms with Crippen molar-refractivity contribution in [3.8, 4) is 0 Å². The Morgan fingerprint density at radius 2 is 2.10 bits per heavy atom. The van der Waals surface area contributed by atoms with Crippen LogP contribution in [0.3, 0.4) is 0 Å². The number of carbonyl (C=O) groups excluding carboxylic acids is 2. The van der Waals surface area contributed by atoms with E-state index in [1.54, 1.807) is 17.0 Å². The highest BCUT2D eigenvalue weighted by Gasteiger charge is 2.24. The first-order valence-corrected chi connectivity index (χ1v) is 10.9. The number of ether oxygens (including phenoxy) is 1. The van der Waals surface area contributed by atoms with Crippen LogP contribution in [-0.2, 0) is 16.1 Å². The second kappa shape index (κ2) is 8.61. The molecular formula is C21H26N4O3S. The van der Waals surface area contributed by atoms with E-state index < -0.39 is 0 Å². The Hall–Kier alpha value is -2.29. The van der Waals surface area contributed by atoms with Gasteiger partial charge < -0.3 is 9.64 Å². The Kier molecular flexibility index (Phi) is 5.94. The monoisotopic (exact) mass is 414 g/mol. The van der Waals surface area contributed by atoms with Crippen molar-refractivity contribution in [3.05, 3.63) is 40.9 Å². The summed E-state index contributed by atoms with van der Waals surface area (Å²) in [5, 5.41) is 5.46. The van der Waals surface area contributed by atoms with Crippen molar-refractivity contribution in [2.45, 2.75) is 45.4 Å². The Morgan fingerprint density at radius 3 is 2.83 bits per heavy atom. The smallest absolute Gasteiger partial charge is 0.257 e. The second-order valence-corrected chi connectivity index (χ2v) is 8.61. The third kappa shape index (κ3) is 4.83. The second-order valence-electron chi connectivity index (χ2n) is 7.75. The van der Waals surface area contributed by atoms with Gasteiger partial charge in [0.05, 0.1) is 17.9 Å². The molecule has 1 aromatic carbocycles. The van der Waals surface area contributed by atoms with E-state index in [9.17, 15) is 9.59 Å². The summed E-state index contributed by atoms with van der Waals surface area (Å²) in [5.41, 5.74) is 2.24. The van der Waals surface area contributed by atoms with Crippen LogP contribution in [0.5, 0.6) is 0 Å². The number of nitrogens with zero attached hydrogens (tertiary/aromatic N) is 3. The lowest BCUT2D eigenvalue weighted by Crippen LogP contribution is -2.44. The van der Waals surface area contributed by atoms with Crippen molar-refractivity contribution in [1.82, 2.24) is 9.88 Å². The van der Waals surface area contributed by atoms with Gasteiger partial charge in [-0.1, -0.05) is 6.07 Å². The molecule has 2 unspecified atom stereocenters. The van der Waals surface area contributed by atoms with Crippen LogP contribution in [-0.4, -0.2) is 53.5 Å². The van der Waals surface area contributed by atoms with Crippen LogP contribution in [0.25, 0.3) is 0 Å². The molecule has 2 aromatic rings. The van der Waals surface area contributed by atoms with Crippen molar-refractivity contribution < 1.29 is 14.3 Å². The summed E-state index contributed by atoms with van der Waals surface area (Å²) >= 11 is 1.43. The molecule has 2 amide bonds. The first-order valence-electron chi connectivity index (χ1n) is 10.0. The first-order chi connectivity index (χ1) is 14.0. The van der Waals surface area contributed by atoms with Crippen LogP contribution < -0.4 is 10.2 Å². The van der Waals surface area contributed by atoms with Crippen LogP contribution >= 0.6 is 11.3 Å². The van der Waals surface area contributed by atoms with Crippen LogP contribution in [0.4, 0.5) is 10.8 Å². The summed E-state index contributed by atoms with van der Waals surface area (Å²) < 4.78 is 5.77. The van der Waals surface area contributed by atoms with Crippen molar-refractivity contribution >= 4 is 34.0 Å². The molecule has 7 nitrogen and oxygen atoms in total. The number of hydrogen-bond acceptors (Lipinski definition) is 6. The number of anilines is 2. The maximum absolute atomic E-state index is 12.7. The summed E-state index contributed by atoms with van der Waals surface area (Å²) in [4.78, 5) is 33.3. The molecular weight excluding hydrogens is 388 g/mol. The molecule has 2 fully saturated rings. The fourth-order valence-corrected chi connectivity index (χ4v) is 4.68. The van der Waals surface area contributed by atoms with E-state index in [-0.39, 0.29) is 24.0 Å². The molecule has 2 aliphatic rings. The summed E-state index contributed by atoms with van der Waals surface area (Å²) in [5.74, 6) is -0.105. The molecule has 29 heavy (non-hydrogen) atoms. The fraction of sp³-hybridized carbons (Fsp3) is 0.476. The molecule has 4 rings (SSSR count). The quantitative estimate of drug-likeness (QED) is 0.814. The molecule has 2 atom stereocenters. The lowest BCUT2D eigenvalue weighted by atomic mass is 10.2. The number of benzene rings is 1. The van der Waals surface area contributed by atoms with Gasteiger partial charge in [-0.2, -0.15) is 0 Å². The highest BCUT2D eigenvalue weighted by Crippen LogP contribution is 2.24. The number of hydrogen-bond donors (Lipinski definition) is 1. The van der Waals surface area contributed by atoms with E-state index in [1.807, 2.05) is 17.5 Å².